The minimum Gasteiger partial charge on any atom is -0.507 e. The van der Waals surface area contributed by atoms with Crippen LogP contribution in [0.5, 0.6) is 11.5 Å². The minimum absolute atomic E-state index is 0.0725. The van der Waals surface area contributed by atoms with Crippen molar-refractivity contribution in [1.82, 2.24) is 0 Å². The number of allylic oxidation sites excluding steroid dienone is 7. The van der Waals surface area contributed by atoms with Crippen molar-refractivity contribution in [3.05, 3.63) is 130 Å². The van der Waals surface area contributed by atoms with Gasteiger partial charge in [-0.1, -0.05) is 56.3 Å². The predicted octanol–water partition coefficient (Wildman–Crippen LogP) is 9.66. The van der Waals surface area contributed by atoms with E-state index in [0.717, 1.165) is 36.2 Å². The van der Waals surface area contributed by atoms with Gasteiger partial charge in [-0.05, 0) is 107 Å². The van der Waals surface area contributed by atoms with E-state index < -0.39 is 11.6 Å². The third-order valence-corrected chi connectivity index (χ3v) is 10.0. The fourth-order valence-electron chi connectivity index (χ4n) is 7.51. The molecule has 6 rings (SSSR count). The van der Waals surface area contributed by atoms with E-state index in [-0.39, 0.29) is 22.1 Å². The quantitative estimate of drug-likeness (QED) is 0.211. The number of anilines is 1. The molecule has 0 radical (unpaired) electrons. The van der Waals surface area contributed by atoms with Crippen LogP contribution in [0.4, 0.5) is 11.4 Å². The summed E-state index contributed by atoms with van der Waals surface area (Å²) >= 11 is 0. The van der Waals surface area contributed by atoms with Gasteiger partial charge in [0, 0.05) is 41.6 Å². The Labute approximate surface area is 291 Å². The molecule has 6 heteroatoms. The van der Waals surface area contributed by atoms with E-state index in [0.29, 0.717) is 5.75 Å². The Hall–Kier alpha value is -4.84. The van der Waals surface area contributed by atoms with Crippen molar-refractivity contribution >= 4 is 23.1 Å². The number of esters is 1. The highest BCUT2D eigenvalue weighted by atomic mass is 16.6. The maximum Gasteiger partial charge on any atom is 0.342 e. The van der Waals surface area contributed by atoms with Crippen molar-refractivity contribution in [3.63, 3.8) is 0 Å². The molecule has 1 N–H and O–H groups in total. The summed E-state index contributed by atoms with van der Waals surface area (Å²) in [5.74, 6) is 0.493. The SMILES string of the molecule is CN1/C(=C/C=C2\CCCC(/C=C/C3=[N+](C)c4ccccc4C3(C)C)=C2Oc2ccc(O)c(C(=O)OC(C)(C)C)c2)C(C)(C)c2ccccc21. The van der Waals surface area contributed by atoms with Crippen LogP contribution in [0.2, 0.25) is 0 Å². The number of rotatable bonds is 6. The van der Waals surface area contributed by atoms with E-state index in [1.54, 1.807) is 32.9 Å². The third kappa shape index (κ3) is 6.37. The van der Waals surface area contributed by atoms with E-state index in [4.69, 9.17) is 9.47 Å². The summed E-state index contributed by atoms with van der Waals surface area (Å²) in [6, 6.07) is 21.9. The van der Waals surface area contributed by atoms with Gasteiger partial charge in [0.25, 0.3) is 0 Å². The lowest BCUT2D eigenvalue weighted by Crippen LogP contribution is -2.26. The second-order valence-corrected chi connectivity index (χ2v) is 15.4. The van der Waals surface area contributed by atoms with Crippen LogP contribution >= 0.6 is 0 Å². The highest BCUT2D eigenvalue weighted by Crippen LogP contribution is 2.47. The van der Waals surface area contributed by atoms with Crippen molar-refractivity contribution in [2.75, 3.05) is 19.0 Å². The molecule has 0 spiro atoms. The molecule has 3 aromatic carbocycles. The number of phenols is 1. The van der Waals surface area contributed by atoms with Crippen LogP contribution in [0.15, 0.2) is 114 Å². The third-order valence-electron chi connectivity index (χ3n) is 10.0. The molecule has 0 atom stereocenters. The molecule has 0 bridgehead atoms. The van der Waals surface area contributed by atoms with Crippen molar-refractivity contribution in [3.8, 4) is 11.5 Å². The molecule has 1 aliphatic carbocycles. The number of phenolic OH excluding ortho intramolecular Hbond substituents is 1. The molecule has 0 fully saturated rings. The number of benzene rings is 3. The molecule has 3 aromatic rings. The van der Waals surface area contributed by atoms with Gasteiger partial charge in [-0.3, -0.25) is 0 Å². The van der Waals surface area contributed by atoms with E-state index in [1.807, 2.05) is 0 Å². The van der Waals surface area contributed by atoms with Crippen molar-refractivity contribution < 1.29 is 24.0 Å². The van der Waals surface area contributed by atoms with E-state index >= 15 is 0 Å². The maximum atomic E-state index is 13.0. The standard InChI is InChI=1S/C43H48N2O4/c1-41(2,3)49-40(47)31-27-30(23-24-36(31)46)48-39-28(21-25-37-42(4,5)32-17-10-12-19-34(32)44(37)8)15-14-16-29(39)22-26-38-43(6,7)33-18-11-13-20-35(33)45(38)9/h10-13,17-27H,14-16H2,1-9H3/p+1. The van der Waals surface area contributed by atoms with Gasteiger partial charge in [-0.25, -0.2) is 4.79 Å². The first-order valence-corrected chi connectivity index (χ1v) is 17.2. The molecule has 0 saturated heterocycles. The zero-order chi connectivity index (χ0) is 35.3. The molecule has 0 unspecified atom stereocenters. The van der Waals surface area contributed by atoms with Gasteiger partial charge < -0.3 is 19.5 Å². The van der Waals surface area contributed by atoms with Gasteiger partial charge in [0.05, 0.1) is 5.41 Å². The summed E-state index contributed by atoms with van der Waals surface area (Å²) < 4.78 is 14.6. The Morgan fingerprint density at radius 2 is 1.59 bits per heavy atom. The topological polar surface area (TPSA) is 62.0 Å². The van der Waals surface area contributed by atoms with Gasteiger partial charge in [0.15, 0.2) is 5.71 Å². The van der Waals surface area contributed by atoms with Crippen LogP contribution in [0.3, 0.4) is 0 Å². The highest BCUT2D eigenvalue weighted by molar-refractivity contribution is 6.03. The van der Waals surface area contributed by atoms with Gasteiger partial charge in [-0.2, -0.15) is 4.58 Å². The lowest BCUT2D eigenvalue weighted by atomic mass is 9.81. The van der Waals surface area contributed by atoms with Crippen LogP contribution < -0.4 is 9.64 Å². The summed E-state index contributed by atoms with van der Waals surface area (Å²) in [4.78, 5) is 15.3. The van der Waals surface area contributed by atoms with Crippen molar-refractivity contribution in [2.45, 2.75) is 84.2 Å². The number of ether oxygens (including phenoxy) is 2. The Bertz CT molecular complexity index is 1980. The highest BCUT2D eigenvalue weighted by Gasteiger charge is 2.43. The fraction of sp³-hybridized carbons (Fsp3) is 0.349. The normalized spacial score (nSPS) is 20.0. The van der Waals surface area contributed by atoms with Crippen LogP contribution in [0, 0.1) is 0 Å². The van der Waals surface area contributed by atoms with Gasteiger partial charge in [0.2, 0.25) is 5.69 Å². The fourth-order valence-corrected chi connectivity index (χ4v) is 7.51. The number of carbonyl (C=O) groups is 1. The van der Waals surface area contributed by atoms with Gasteiger partial charge in [0.1, 0.15) is 35.5 Å². The second-order valence-electron chi connectivity index (χ2n) is 15.4. The van der Waals surface area contributed by atoms with Crippen LogP contribution in [-0.2, 0) is 15.6 Å². The Balaban J connectivity index is 1.43. The molecule has 0 aromatic heterocycles. The molecule has 2 heterocycles. The predicted molar refractivity (Wildman–Crippen MR) is 198 cm³/mol. The molecule has 0 saturated carbocycles. The van der Waals surface area contributed by atoms with Crippen LogP contribution in [-0.4, -0.2) is 41.1 Å². The summed E-state index contributed by atoms with van der Waals surface area (Å²) in [7, 11) is 4.26. The smallest absolute Gasteiger partial charge is 0.342 e. The molecule has 3 aliphatic rings. The largest absolute Gasteiger partial charge is 0.507 e. The maximum absolute atomic E-state index is 13.0. The number of nitrogens with zero attached hydrogens (tertiary/aromatic N) is 2. The monoisotopic (exact) mass is 657 g/mol. The molecule has 254 valence electrons. The zero-order valence-electron chi connectivity index (χ0n) is 30.3. The lowest BCUT2D eigenvalue weighted by Gasteiger charge is -2.25. The summed E-state index contributed by atoms with van der Waals surface area (Å²) in [5, 5.41) is 10.6. The Morgan fingerprint density at radius 3 is 2.29 bits per heavy atom. The lowest BCUT2D eigenvalue weighted by molar-refractivity contribution is -0.401. The molecule has 6 nitrogen and oxygen atoms in total. The van der Waals surface area contributed by atoms with Gasteiger partial charge >= 0.3 is 5.97 Å². The average molecular weight is 658 g/mol. The van der Waals surface area contributed by atoms with E-state index in [9.17, 15) is 9.90 Å². The number of fused-ring (bicyclic) bond motifs is 2. The van der Waals surface area contributed by atoms with Crippen LogP contribution in [0.1, 0.15) is 89.2 Å². The number of hydrogen-bond acceptors (Lipinski definition) is 5. The molecule has 2 aliphatic heterocycles. The minimum atomic E-state index is -0.701. The first-order valence-electron chi connectivity index (χ1n) is 17.2. The number of carbonyl (C=O) groups excluding carboxylic acids is 1. The first kappa shape index (κ1) is 34.0. The number of para-hydroxylation sites is 2. The second kappa shape index (κ2) is 12.6. The molecular weight excluding hydrogens is 608 g/mol. The molecule has 49 heavy (non-hydrogen) atoms. The summed E-state index contributed by atoms with van der Waals surface area (Å²) in [6.07, 6.45) is 11.5. The number of hydrogen-bond donors (Lipinski definition) is 1. The van der Waals surface area contributed by atoms with Crippen molar-refractivity contribution in [2.24, 2.45) is 0 Å². The Kier molecular flexibility index (Phi) is 8.72. The van der Waals surface area contributed by atoms with Gasteiger partial charge in [-0.15, -0.1) is 0 Å². The number of aromatic hydroxyl groups is 1. The summed E-state index contributed by atoms with van der Waals surface area (Å²) in [5.41, 5.74) is 8.69. The Morgan fingerprint density at radius 1 is 0.898 bits per heavy atom. The summed E-state index contributed by atoms with van der Waals surface area (Å²) in [6.45, 7) is 14.5. The van der Waals surface area contributed by atoms with E-state index in [1.165, 1.54) is 40.0 Å². The van der Waals surface area contributed by atoms with Crippen LogP contribution in [0.25, 0.3) is 0 Å². The molecule has 0 amide bonds. The average Bonchev–Trinajstić information content (AvgIpc) is 3.36. The first-order chi connectivity index (χ1) is 23.1. The van der Waals surface area contributed by atoms with E-state index in [2.05, 4.69) is 124 Å². The number of likely N-dealkylation sites (N-methyl/N-ethyl adjacent to an activating group) is 1. The van der Waals surface area contributed by atoms with Crippen molar-refractivity contribution in [1.29, 1.82) is 0 Å². The zero-order valence-corrected chi connectivity index (χ0v) is 30.3. The molecular formula is C43H49N2O4+.